The molecule has 1 heterocycles. The molecule has 2 atom stereocenters. The summed E-state index contributed by atoms with van der Waals surface area (Å²) in [7, 11) is -6.01. The zero-order chi connectivity index (χ0) is 12.4. The van der Waals surface area contributed by atoms with Gasteiger partial charge in [0.25, 0.3) is 0 Å². The number of rotatable bonds is 5. The molecule has 0 saturated carbocycles. The summed E-state index contributed by atoms with van der Waals surface area (Å²) in [6.07, 6.45) is 2.03. The Hall–Kier alpha value is -0.140. The third kappa shape index (κ3) is 4.39. The molecule has 5 nitrogen and oxygen atoms in total. The van der Waals surface area contributed by atoms with Gasteiger partial charge in [0.1, 0.15) is 9.84 Å². The van der Waals surface area contributed by atoms with E-state index in [0.717, 1.165) is 6.26 Å². The molecule has 1 rings (SSSR count). The van der Waals surface area contributed by atoms with Crippen molar-refractivity contribution in [2.24, 2.45) is 11.8 Å². The Kier molecular flexibility index (Phi) is 4.36. The van der Waals surface area contributed by atoms with Crippen molar-refractivity contribution in [3.63, 3.8) is 0 Å². The molecule has 96 valence electrons. The highest BCUT2D eigenvalue weighted by Crippen LogP contribution is 2.28. The van der Waals surface area contributed by atoms with Gasteiger partial charge in [-0.3, -0.25) is 0 Å². The van der Waals surface area contributed by atoms with Crippen LogP contribution in [0.2, 0.25) is 0 Å². The highest BCUT2D eigenvalue weighted by Gasteiger charge is 2.33. The Morgan fingerprint density at radius 2 is 2.06 bits per heavy atom. The average molecular weight is 270 g/mol. The molecule has 1 saturated heterocycles. The molecular formula is C9H18O5S2. The van der Waals surface area contributed by atoms with E-state index in [2.05, 4.69) is 0 Å². The summed E-state index contributed by atoms with van der Waals surface area (Å²) in [5.74, 6) is -0.0483. The smallest absolute Gasteiger partial charge is 0.150 e. The van der Waals surface area contributed by atoms with Crippen LogP contribution in [0.25, 0.3) is 0 Å². The van der Waals surface area contributed by atoms with Crippen LogP contribution in [0.3, 0.4) is 0 Å². The van der Waals surface area contributed by atoms with Crippen molar-refractivity contribution in [1.82, 2.24) is 0 Å². The van der Waals surface area contributed by atoms with Gasteiger partial charge in [-0.1, -0.05) is 0 Å². The predicted octanol–water partition coefficient (Wildman–Crippen LogP) is -0.536. The van der Waals surface area contributed by atoms with Gasteiger partial charge in [-0.2, -0.15) is 0 Å². The van der Waals surface area contributed by atoms with Gasteiger partial charge in [0.2, 0.25) is 0 Å². The number of sulfone groups is 2. The fourth-order valence-corrected chi connectivity index (χ4v) is 4.69. The van der Waals surface area contributed by atoms with Crippen LogP contribution in [0.15, 0.2) is 0 Å². The lowest BCUT2D eigenvalue weighted by Crippen LogP contribution is -2.22. The third-order valence-corrected chi connectivity index (χ3v) is 5.80. The Morgan fingerprint density at radius 1 is 1.44 bits per heavy atom. The van der Waals surface area contributed by atoms with Crippen LogP contribution in [0, 0.1) is 11.8 Å². The maximum atomic E-state index is 11.3. The number of aliphatic hydroxyl groups is 1. The zero-order valence-electron chi connectivity index (χ0n) is 9.29. The van der Waals surface area contributed by atoms with Crippen LogP contribution in [-0.4, -0.2) is 52.1 Å². The van der Waals surface area contributed by atoms with Crippen molar-refractivity contribution in [3.8, 4) is 0 Å². The van der Waals surface area contributed by atoms with Crippen molar-refractivity contribution in [3.05, 3.63) is 0 Å². The lowest BCUT2D eigenvalue weighted by Gasteiger charge is -2.19. The standard InChI is InChI=1S/C9H18O5S2/c1-15(11,12)4-2-8(6-10)9-3-5-16(13,14)7-9/h8-10H,2-7H2,1H3. The van der Waals surface area contributed by atoms with Gasteiger partial charge in [-0.05, 0) is 24.7 Å². The van der Waals surface area contributed by atoms with Crippen LogP contribution in [-0.2, 0) is 19.7 Å². The minimum atomic E-state index is -3.05. The first-order chi connectivity index (χ1) is 7.23. The first-order valence-electron chi connectivity index (χ1n) is 5.22. The van der Waals surface area contributed by atoms with Crippen LogP contribution in [0.4, 0.5) is 0 Å². The maximum Gasteiger partial charge on any atom is 0.150 e. The summed E-state index contributed by atoms with van der Waals surface area (Å²) in [4.78, 5) is 0. The van der Waals surface area contributed by atoms with Gasteiger partial charge in [0.05, 0.1) is 17.3 Å². The van der Waals surface area contributed by atoms with E-state index in [9.17, 15) is 16.8 Å². The first-order valence-corrected chi connectivity index (χ1v) is 9.11. The van der Waals surface area contributed by atoms with Gasteiger partial charge in [0, 0.05) is 12.9 Å². The van der Waals surface area contributed by atoms with E-state index < -0.39 is 19.7 Å². The average Bonchev–Trinajstić information content (AvgIpc) is 2.45. The predicted molar refractivity (Wildman–Crippen MR) is 61.7 cm³/mol. The van der Waals surface area contributed by atoms with E-state index in [-0.39, 0.29) is 35.7 Å². The molecule has 1 aliphatic rings. The minimum Gasteiger partial charge on any atom is -0.396 e. The molecule has 2 unspecified atom stereocenters. The molecule has 16 heavy (non-hydrogen) atoms. The van der Waals surface area contributed by atoms with Crippen molar-refractivity contribution in [1.29, 1.82) is 0 Å². The molecule has 1 aliphatic heterocycles. The molecule has 0 aromatic heterocycles. The second-order valence-corrected chi connectivity index (χ2v) is 9.01. The van der Waals surface area contributed by atoms with Crippen molar-refractivity contribution < 1.29 is 21.9 Å². The van der Waals surface area contributed by atoms with Crippen molar-refractivity contribution >= 4 is 19.7 Å². The summed E-state index contributed by atoms with van der Waals surface area (Å²) < 4.78 is 44.5. The Bertz CT molecular complexity index is 423. The van der Waals surface area contributed by atoms with Gasteiger partial charge < -0.3 is 5.11 Å². The Labute approximate surface area is 96.7 Å². The van der Waals surface area contributed by atoms with Crippen molar-refractivity contribution in [2.75, 3.05) is 30.1 Å². The molecule has 0 bridgehead atoms. The minimum absolute atomic E-state index is 0.00870. The van der Waals surface area contributed by atoms with Crippen LogP contribution in [0.5, 0.6) is 0 Å². The fraction of sp³-hybridized carbons (Fsp3) is 1.00. The number of hydrogen-bond acceptors (Lipinski definition) is 5. The van der Waals surface area contributed by atoms with Gasteiger partial charge >= 0.3 is 0 Å². The van der Waals surface area contributed by atoms with E-state index in [4.69, 9.17) is 5.11 Å². The second kappa shape index (κ2) is 5.01. The molecule has 0 radical (unpaired) electrons. The fourth-order valence-electron chi connectivity index (χ4n) is 2.04. The maximum absolute atomic E-state index is 11.3. The van der Waals surface area contributed by atoms with E-state index in [1.807, 2.05) is 0 Å². The van der Waals surface area contributed by atoms with E-state index in [1.165, 1.54) is 0 Å². The first kappa shape index (κ1) is 13.9. The summed E-state index contributed by atoms with van der Waals surface area (Å²) in [5.41, 5.74) is 0. The molecular weight excluding hydrogens is 252 g/mol. The second-order valence-electron chi connectivity index (χ2n) is 4.52. The monoisotopic (exact) mass is 270 g/mol. The molecule has 0 aromatic rings. The zero-order valence-corrected chi connectivity index (χ0v) is 10.9. The summed E-state index contributed by atoms with van der Waals surface area (Å²) in [5, 5.41) is 9.16. The van der Waals surface area contributed by atoms with Gasteiger partial charge in [-0.25, -0.2) is 16.8 Å². The van der Waals surface area contributed by atoms with Gasteiger partial charge in [0.15, 0.2) is 9.84 Å². The highest BCUT2D eigenvalue weighted by molar-refractivity contribution is 7.91. The van der Waals surface area contributed by atoms with E-state index in [1.54, 1.807) is 0 Å². The highest BCUT2D eigenvalue weighted by atomic mass is 32.2. The summed E-state index contributed by atoms with van der Waals surface area (Å²) in [6.45, 7) is -0.143. The van der Waals surface area contributed by atoms with E-state index >= 15 is 0 Å². The quantitative estimate of drug-likeness (QED) is 0.725. The molecule has 0 aliphatic carbocycles. The van der Waals surface area contributed by atoms with Crippen LogP contribution in [0.1, 0.15) is 12.8 Å². The molecule has 1 fully saturated rings. The molecule has 0 aromatic carbocycles. The Balaban J connectivity index is 2.56. The molecule has 1 N–H and O–H groups in total. The Morgan fingerprint density at radius 3 is 2.44 bits per heavy atom. The van der Waals surface area contributed by atoms with E-state index in [0.29, 0.717) is 12.8 Å². The lowest BCUT2D eigenvalue weighted by molar-refractivity contribution is 0.181. The SMILES string of the molecule is CS(=O)(=O)CCC(CO)C1CCS(=O)(=O)C1. The lowest BCUT2D eigenvalue weighted by atomic mass is 9.90. The van der Waals surface area contributed by atoms with Crippen LogP contribution >= 0.6 is 0 Å². The van der Waals surface area contributed by atoms with Crippen molar-refractivity contribution in [2.45, 2.75) is 12.8 Å². The molecule has 0 spiro atoms. The number of aliphatic hydroxyl groups excluding tert-OH is 1. The third-order valence-electron chi connectivity index (χ3n) is 3.03. The number of hydrogen-bond donors (Lipinski definition) is 1. The largest absolute Gasteiger partial charge is 0.396 e. The topological polar surface area (TPSA) is 88.5 Å². The normalized spacial score (nSPS) is 26.8. The molecule has 0 amide bonds. The van der Waals surface area contributed by atoms with Gasteiger partial charge in [-0.15, -0.1) is 0 Å². The summed E-state index contributed by atoms with van der Waals surface area (Å²) in [6, 6.07) is 0. The summed E-state index contributed by atoms with van der Waals surface area (Å²) >= 11 is 0. The molecule has 7 heteroatoms. The van der Waals surface area contributed by atoms with Crippen LogP contribution < -0.4 is 0 Å².